The third-order valence-electron chi connectivity index (χ3n) is 4.07. The maximum Gasteiger partial charge on any atom is 0.291 e. The topological polar surface area (TPSA) is 99.5 Å². The first-order valence-electron chi connectivity index (χ1n) is 9.23. The van der Waals surface area contributed by atoms with Gasteiger partial charge in [0.25, 0.3) is 15.6 Å². The molecule has 0 unspecified atom stereocenters. The Kier molecular flexibility index (Phi) is 7.09. The van der Waals surface area contributed by atoms with Crippen LogP contribution in [0.2, 0.25) is 10.0 Å². The van der Waals surface area contributed by atoms with Crippen molar-refractivity contribution in [3.05, 3.63) is 69.1 Å². The first-order valence-corrected chi connectivity index (χ1v) is 11.5. The predicted molar refractivity (Wildman–Crippen MR) is 119 cm³/mol. The van der Waals surface area contributed by atoms with E-state index in [1.54, 1.807) is 25.1 Å². The molecule has 31 heavy (non-hydrogen) atoms. The lowest BCUT2D eigenvalue weighted by Gasteiger charge is -2.15. The smallest absolute Gasteiger partial charge is 0.291 e. The van der Waals surface area contributed by atoms with Gasteiger partial charge in [0.15, 0.2) is 0 Å². The van der Waals surface area contributed by atoms with E-state index in [1.165, 1.54) is 30.5 Å². The predicted octanol–water partition coefficient (Wildman–Crippen LogP) is 4.14. The highest BCUT2D eigenvalue weighted by Crippen LogP contribution is 2.31. The van der Waals surface area contributed by atoms with Gasteiger partial charge in [0.05, 0.1) is 40.7 Å². The molecule has 1 N–H and O–H groups in total. The number of benzene rings is 2. The number of ether oxygens (including phenoxy) is 2. The summed E-state index contributed by atoms with van der Waals surface area (Å²) in [5.41, 5.74) is -0.0351. The summed E-state index contributed by atoms with van der Waals surface area (Å²) in [6, 6.07) is 10.5. The van der Waals surface area contributed by atoms with Crippen LogP contribution in [0.5, 0.6) is 11.5 Å². The molecule has 0 fully saturated rings. The van der Waals surface area contributed by atoms with Gasteiger partial charge >= 0.3 is 0 Å². The quantitative estimate of drug-likeness (QED) is 0.516. The molecule has 3 aromatic rings. The number of sulfonamides is 1. The Morgan fingerprint density at radius 1 is 1.03 bits per heavy atom. The Labute approximate surface area is 189 Å². The highest BCUT2D eigenvalue weighted by Gasteiger charge is 2.18. The first-order chi connectivity index (χ1) is 14.8. The van der Waals surface area contributed by atoms with Gasteiger partial charge in [-0.3, -0.25) is 9.52 Å². The van der Waals surface area contributed by atoms with Crippen LogP contribution in [-0.2, 0) is 10.0 Å². The molecule has 8 nitrogen and oxygen atoms in total. The SMILES string of the molecule is CCOc1ccc(OCC)c(NS(=O)(=O)c2ccc(-n3ncc(Cl)c(Cl)c3=O)cc2)c1. The second kappa shape index (κ2) is 9.59. The van der Waals surface area contributed by atoms with E-state index in [2.05, 4.69) is 9.82 Å². The molecule has 0 aliphatic carbocycles. The molecule has 0 amide bonds. The van der Waals surface area contributed by atoms with Crippen LogP contribution in [0.4, 0.5) is 5.69 Å². The molecular formula is C20H19Cl2N3O5S. The number of aromatic nitrogens is 2. The molecular weight excluding hydrogens is 465 g/mol. The third-order valence-corrected chi connectivity index (χ3v) is 6.20. The number of rotatable bonds is 8. The lowest BCUT2D eigenvalue weighted by atomic mass is 10.3. The molecule has 0 saturated carbocycles. The second-order valence-corrected chi connectivity index (χ2v) is 8.61. The number of nitrogens with one attached hydrogen (secondary N) is 1. The summed E-state index contributed by atoms with van der Waals surface area (Å²) in [6.07, 6.45) is 1.23. The van der Waals surface area contributed by atoms with E-state index in [0.717, 1.165) is 4.68 Å². The molecule has 0 aliphatic heterocycles. The summed E-state index contributed by atoms with van der Waals surface area (Å²) in [6.45, 7) is 4.43. The second-order valence-electron chi connectivity index (χ2n) is 6.15. The van der Waals surface area contributed by atoms with E-state index in [-0.39, 0.29) is 20.6 Å². The fourth-order valence-corrected chi connectivity index (χ4v) is 4.01. The van der Waals surface area contributed by atoms with Gasteiger partial charge in [-0.05, 0) is 50.2 Å². The molecule has 11 heteroatoms. The normalized spacial score (nSPS) is 11.2. The summed E-state index contributed by atoms with van der Waals surface area (Å²) in [7, 11) is -3.95. The molecule has 3 rings (SSSR count). The van der Waals surface area contributed by atoms with E-state index < -0.39 is 15.6 Å². The van der Waals surface area contributed by atoms with Crippen LogP contribution in [-0.4, -0.2) is 31.4 Å². The van der Waals surface area contributed by atoms with Crippen LogP contribution >= 0.6 is 23.2 Å². The van der Waals surface area contributed by atoms with E-state index in [9.17, 15) is 13.2 Å². The van der Waals surface area contributed by atoms with Crippen molar-refractivity contribution < 1.29 is 17.9 Å². The van der Waals surface area contributed by atoms with E-state index >= 15 is 0 Å². The van der Waals surface area contributed by atoms with Gasteiger partial charge in [0.1, 0.15) is 16.5 Å². The van der Waals surface area contributed by atoms with Crippen molar-refractivity contribution in [2.75, 3.05) is 17.9 Å². The largest absolute Gasteiger partial charge is 0.494 e. The van der Waals surface area contributed by atoms with Crippen molar-refractivity contribution in [1.29, 1.82) is 0 Å². The monoisotopic (exact) mass is 483 g/mol. The Hall–Kier alpha value is -2.75. The van der Waals surface area contributed by atoms with Crippen molar-refractivity contribution in [3.8, 4) is 17.2 Å². The summed E-state index contributed by atoms with van der Waals surface area (Å²) < 4.78 is 40.3. The van der Waals surface area contributed by atoms with Crippen LogP contribution in [0.15, 0.2) is 58.4 Å². The average Bonchev–Trinajstić information content (AvgIpc) is 2.74. The summed E-state index contributed by atoms with van der Waals surface area (Å²) >= 11 is 11.7. The summed E-state index contributed by atoms with van der Waals surface area (Å²) in [5, 5.41) is 3.78. The van der Waals surface area contributed by atoms with Crippen molar-refractivity contribution >= 4 is 38.9 Å². The van der Waals surface area contributed by atoms with Crippen molar-refractivity contribution in [2.24, 2.45) is 0 Å². The standard InChI is InChI=1S/C20H19Cl2N3O5S/c1-3-29-14-7-10-18(30-4-2)17(11-14)24-31(27,28)15-8-5-13(6-9-15)25-20(26)19(22)16(21)12-23-25/h5-12,24H,3-4H2,1-2H3. The zero-order chi connectivity index (χ0) is 22.6. The minimum absolute atomic E-state index is 0.0198. The Balaban J connectivity index is 1.92. The molecule has 0 atom stereocenters. The Bertz CT molecular complexity index is 1240. The van der Waals surface area contributed by atoms with Gasteiger partial charge in [-0.15, -0.1) is 0 Å². The number of anilines is 1. The van der Waals surface area contributed by atoms with Gasteiger partial charge in [-0.2, -0.15) is 9.78 Å². The van der Waals surface area contributed by atoms with Crippen molar-refractivity contribution in [3.63, 3.8) is 0 Å². The molecule has 0 spiro atoms. The number of hydrogen-bond donors (Lipinski definition) is 1. The van der Waals surface area contributed by atoms with Crippen LogP contribution in [0, 0.1) is 0 Å². The molecule has 1 aromatic heterocycles. The maximum atomic E-state index is 12.9. The molecule has 2 aromatic carbocycles. The van der Waals surface area contributed by atoms with Gasteiger partial charge < -0.3 is 9.47 Å². The Morgan fingerprint density at radius 2 is 1.71 bits per heavy atom. The average molecular weight is 484 g/mol. The van der Waals surface area contributed by atoms with Crippen LogP contribution < -0.4 is 19.8 Å². The molecule has 164 valence electrons. The molecule has 0 aliphatic rings. The van der Waals surface area contributed by atoms with Gasteiger partial charge in [0, 0.05) is 6.07 Å². The first kappa shape index (κ1) is 22.9. The van der Waals surface area contributed by atoms with E-state index in [1.807, 2.05) is 6.92 Å². The van der Waals surface area contributed by atoms with Crippen molar-refractivity contribution in [2.45, 2.75) is 18.7 Å². The third kappa shape index (κ3) is 5.12. The minimum atomic E-state index is -3.95. The highest BCUT2D eigenvalue weighted by molar-refractivity contribution is 7.92. The highest BCUT2D eigenvalue weighted by atomic mass is 35.5. The summed E-state index contributed by atoms with van der Waals surface area (Å²) in [5.74, 6) is 0.877. The number of nitrogens with zero attached hydrogens (tertiary/aromatic N) is 2. The minimum Gasteiger partial charge on any atom is -0.494 e. The van der Waals surface area contributed by atoms with Gasteiger partial charge in [-0.25, -0.2) is 8.42 Å². The van der Waals surface area contributed by atoms with Gasteiger partial charge in [-0.1, -0.05) is 23.2 Å². The fourth-order valence-electron chi connectivity index (χ4n) is 2.69. The summed E-state index contributed by atoms with van der Waals surface area (Å²) in [4.78, 5) is 12.2. The number of hydrogen-bond acceptors (Lipinski definition) is 6. The van der Waals surface area contributed by atoms with Crippen LogP contribution in [0.1, 0.15) is 13.8 Å². The van der Waals surface area contributed by atoms with Crippen LogP contribution in [0.25, 0.3) is 5.69 Å². The zero-order valence-corrected chi connectivity index (χ0v) is 19.0. The van der Waals surface area contributed by atoms with E-state index in [0.29, 0.717) is 30.4 Å². The van der Waals surface area contributed by atoms with Crippen LogP contribution in [0.3, 0.4) is 0 Å². The van der Waals surface area contributed by atoms with Crippen molar-refractivity contribution in [1.82, 2.24) is 9.78 Å². The molecule has 0 radical (unpaired) electrons. The molecule has 0 saturated heterocycles. The molecule has 1 heterocycles. The number of halogens is 2. The Morgan fingerprint density at radius 3 is 2.35 bits per heavy atom. The van der Waals surface area contributed by atoms with E-state index in [4.69, 9.17) is 32.7 Å². The molecule has 0 bridgehead atoms. The fraction of sp³-hybridized carbons (Fsp3) is 0.200. The lowest BCUT2D eigenvalue weighted by Crippen LogP contribution is -2.21. The lowest BCUT2D eigenvalue weighted by molar-refractivity contribution is 0.332. The maximum absolute atomic E-state index is 12.9. The van der Waals surface area contributed by atoms with Gasteiger partial charge in [0.2, 0.25) is 0 Å². The zero-order valence-electron chi connectivity index (χ0n) is 16.6.